The Morgan fingerprint density at radius 1 is 1.00 bits per heavy atom. The Balaban J connectivity index is 1.59. The zero-order valence-electron chi connectivity index (χ0n) is 15.4. The Morgan fingerprint density at radius 2 is 1.60 bits per heavy atom. The monoisotopic (exact) mass is 338 g/mol. The topological polar surface area (TPSA) is 36.8 Å². The van der Waals surface area contributed by atoms with Crippen molar-refractivity contribution in [1.82, 2.24) is 0 Å². The van der Waals surface area contributed by atoms with Crippen LogP contribution < -0.4 is 15.1 Å². The van der Waals surface area contributed by atoms with E-state index in [1.165, 1.54) is 10.6 Å². The van der Waals surface area contributed by atoms with Crippen molar-refractivity contribution in [2.75, 3.05) is 36.4 Å². The lowest BCUT2D eigenvalue weighted by Gasteiger charge is -2.36. The van der Waals surface area contributed by atoms with Gasteiger partial charge >= 0.3 is 0 Å². The van der Waals surface area contributed by atoms with E-state index in [-0.39, 0.29) is 11.9 Å². The van der Waals surface area contributed by atoms with Crippen LogP contribution in [0.3, 0.4) is 0 Å². The van der Waals surface area contributed by atoms with Gasteiger partial charge in [-0.05, 0) is 44.0 Å². The fourth-order valence-corrected chi connectivity index (χ4v) is 3.55. The minimum atomic E-state index is -0.0445. The number of carbonyl (C=O) groups is 1. The maximum Gasteiger partial charge on any atom is 0.282 e. The van der Waals surface area contributed by atoms with E-state index in [0.29, 0.717) is 0 Å². The highest BCUT2D eigenvalue weighted by molar-refractivity contribution is 5.95. The molecule has 0 unspecified atom stereocenters. The summed E-state index contributed by atoms with van der Waals surface area (Å²) in [5.41, 5.74) is 4.46. The third kappa shape index (κ3) is 4.02. The molecule has 0 saturated carbocycles. The molecule has 4 nitrogen and oxygen atoms in total. The van der Waals surface area contributed by atoms with Crippen molar-refractivity contribution in [3.63, 3.8) is 0 Å². The van der Waals surface area contributed by atoms with Gasteiger partial charge in [0, 0.05) is 11.4 Å². The minimum Gasteiger partial charge on any atom is -0.360 e. The van der Waals surface area contributed by atoms with Crippen molar-refractivity contribution in [3.05, 3.63) is 59.7 Å². The molecule has 0 radical (unpaired) electrons. The summed E-state index contributed by atoms with van der Waals surface area (Å²) in [5.74, 6) is 0.112. The van der Waals surface area contributed by atoms with E-state index in [4.69, 9.17) is 0 Å². The number of benzene rings is 2. The summed E-state index contributed by atoms with van der Waals surface area (Å²) < 4.78 is 0. The Morgan fingerprint density at radius 3 is 2.20 bits per heavy atom. The molecule has 0 aliphatic carbocycles. The fourth-order valence-electron chi connectivity index (χ4n) is 3.55. The van der Waals surface area contributed by atoms with Crippen molar-refractivity contribution >= 4 is 17.3 Å². The average molecular weight is 338 g/mol. The normalized spacial score (nSPS) is 16.5. The molecule has 1 heterocycles. The van der Waals surface area contributed by atoms with E-state index in [2.05, 4.69) is 34.5 Å². The predicted octanol–water partition coefficient (Wildman–Crippen LogP) is 2.04. The molecule has 4 heteroatoms. The summed E-state index contributed by atoms with van der Waals surface area (Å²) in [6, 6.07) is 16.6. The summed E-state index contributed by atoms with van der Waals surface area (Å²) in [5, 5.41) is 3.15. The van der Waals surface area contributed by atoms with Gasteiger partial charge in [-0.15, -0.1) is 0 Å². The minimum absolute atomic E-state index is 0.0445. The molecule has 2 aromatic carbocycles. The fraction of sp³-hybridized carbons (Fsp3) is 0.381. The van der Waals surface area contributed by atoms with Gasteiger partial charge in [-0.2, -0.15) is 0 Å². The number of piperazine rings is 1. The first-order valence-corrected chi connectivity index (χ1v) is 9.08. The van der Waals surface area contributed by atoms with Crippen molar-refractivity contribution in [1.29, 1.82) is 0 Å². The molecular formula is C21H28N3O+. The molecule has 0 aromatic heterocycles. The first kappa shape index (κ1) is 17.5. The predicted molar refractivity (Wildman–Crippen MR) is 103 cm³/mol. The van der Waals surface area contributed by atoms with Crippen LogP contribution in [0.5, 0.6) is 0 Å². The molecule has 1 fully saturated rings. The largest absolute Gasteiger partial charge is 0.360 e. The van der Waals surface area contributed by atoms with E-state index >= 15 is 0 Å². The number of nitrogens with one attached hydrogen (secondary N) is 2. The SMILES string of the molecule is Cc1cccc(C)c1NC(=O)[C@@H](C)[NH+]1CCN(c2ccccc2)CC1. The van der Waals surface area contributed by atoms with Gasteiger partial charge in [-0.25, -0.2) is 0 Å². The van der Waals surface area contributed by atoms with Gasteiger partial charge in [-0.1, -0.05) is 36.4 Å². The molecule has 1 aliphatic heterocycles. The van der Waals surface area contributed by atoms with Gasteiger partial charge in [-0.3, -0.25) is 4.79 Å². The highest BCUT2D eigenvalue weighted by atomic mass is 16.2. The average Bonchev–Trinajstić information content (AvgIpc) is 2.65. The lowest BCUT2D eigenvalue weighted by atomic mass is 10.1. The summed E-state index contributed by atoms with van der Waals surface area (Å²) in [4.78, 5) is 16.5. The number of amides is 1. The van der Waals surface area contributed by atoms with Crippen molar-refractivity contribution < 1.29 is 9.69 Å². The number of hydrogen-bond donors (Lipinski definition) is 2. The van der Waals surface area contributed by atoms with Gasteiger partial charge in [0.05, 0.1) is 26.2 Å². The van der Waals surface area contributed by atoms with Gasteiger partial charge in [0.15, 0.2) is 6.04 Å². The molecule has 25 heavy (non-hydrogen) atoms. The van der Waals surface area contributed by atoms with E-state index < -0.39 is 0 Å². The number of rotatable bonds is 4. The van der Waals surface area contributed by atoms with Crippen LogP contribution in [0, 0.1) is 13.8 Å². The molecule has 1 atom stereocenters. The van der Waals surface area contributed by atoms with Crippen molar-refractivity contribution in [2.24, 2.45) is 0 Å². The molecule has 1 saturated heterocycles. The Bertz CT molecular complexity index is 701. The molecule has 3 rings (SSSR count). The molecule has 0 spiro atoms. The van der Waals surface area contributed by atoms with Crippen LogP contribution in [-0.2, 0) is 4.79 Å². The smallest absolute Gasteiger partial charge is 0.282 e. The van der Waals surface area contributed by atoms with E-state index in [0.717, 1.165) is 43.0 Å². The lowest BCUT2D eigenvalue weighted by molar-refractivity contribution is -0.914. The third-order valence-electron chi connectivity index (χ3n) is 5.26. The first-order chi connectivity index (χ1) is 12.1. The number of hydrogen-bond acceptors (Lipinski definition) is 2. The second-order valence-electron chi connectivity index (χ2n) is 6.96. The number of carbonyl (C=O) groups excluding carboxylic acids is 1. The van der Waals surface area contributed by atoms with Gasteiger partial charge < -0.3 is 15.1 Å². The Kier molecular flexibility index (Phi) is 5.39. The highest BCUT2D eigenvalue weighted by Gasteiger charge is 2.29. The van der Waals surface area contributed by atoms with Crippen LogP contribution in [0.4, 0.5) is 11.4 Å². The quantitative estimate of drug-likeness (QED) is 0.895. The van der Waals surface area contributed by atoms with E-state index in [9.17, 15) is 4.79 Å². The first-order valence-electron chi connectivity index (χ1n) is 9.08. The lowest BCUT2D eigenvalue weighted by Crippen LogP contribution is -3.19. The maximum atomic E-state index is 12.7. The van der Waals surface area contributed by atoms with Crippen LogP contribution in [0.15, 0.2) is 48.5 Å². The second kappa shape index (κ2) is 7.70. The molecule has 2 N–H and O–H groups in total. The number of anilines is 2. The van der Waals surface area contributed by atoms with Gasteiger partial charge in [0.2, 0.25) is 0 Å². The van der Waals surface area contributed by atoms with E-state index in [1.807, 2.05) is 45.0 Å². The zero-order chi connectivity index (χ0) is 17.8. The number of aryl methyl sites for hydroxylation is 2. The van der Waals surface area contributed by atoms with Crippen molar-refractivity contribution in [3.8, 4) is 0 Å². The Hall–Kier alpha value is -2.33. The number of para-hydroxylation sites is 2. The zero-order valence-corrected chi connectivity index (χ0v) is 15.4. The standard InChI is InChI=1S/C21H27N3O/c1-16-8-7-9-17(2)20(16)22-21(25)18(3)23-12-14-24(15-13-23)19-10-5-4-6-11-19/h4-11,18H,12-15H2,1-3H3,(H,22,25)/p+1/t18-/m1/s1. The second-order valence-corrected chi connectivity index (χ2v) is 6.96. The Labute approximate surface area is 150 Å². The summed E-state index contributed by atoms with van der Waals surface area (Å²) in [6.45, 7) is 10.1. The molecule has 1 aliphatic rings. The van der Waals surface area contributed by atoms with E-state index in [1.54, 1.807) is 0 Å². The van der Waals surface area contributed by atoms with Gasteiger partial charge in [0.1, 0.15) is 0 Å². The van der Waals surface area contributed by atoms with Crippen LogP contribution in [0.25, 0.3) is 0 Å². The van der Waals surface area contributed by atoms with Crippen LogP contribution in [0.1, 0.15) is 18.1 Å². The summed E-state index contributed by atoms with van der Waals surface area (Å²) in [6.07, 6.45) is 0. The molecular weight excluding hydrogens is 310 g/mol. The van der Waals surface area contributed by atoms with Crippen LogP contribution in [-0.4, -0.2) is 38.1 Å². The van der Waals surface area contributed by atoms with Crippen LogP contribution in [0.2, 0.25) is 0 Å². The number of nitrogens with zero attached hydrogens (tertiary/aromatic N) is 1. The third-order valence-corrected chi connectivity index (χ3v) is 5.26. The molecule has 1 amide bonds. The maximum absolute atomic E-state index is 12.7. The molecule has 2 aromatic rings. The summed E-state index contributed by atoms with van der Waals surface area (Å²) >= 11 is 0. The van der Waals surface area contributed by atoms with Gasteiger partial charge in [0.25, 0.3) is 5.91 Å². The molecule has 132 valence electrons. The van der Waals surface area contributed by atoms with Crippen LogP contribution >= 0.6 is 0 Å². The molecule has 0 bridgehead atoms. The van der Waals surface area contributed by atoms with Crippen molar-refractivity contribution in [2.45, 2.75) is 26.8 Å². The number of quaternary nitrogens is 1. The summed E-state index contributed by atoms with van der Waals surface area (Å²) in [7, 11) is 0. The highest BCUT2D eigenvalue weighted by Crippen LogP contribution is 2.19.